The lowest BCUT2D eigenvalue weighted by Crippen LogP contribution is -3.12. The highest BCUT2D eigenvalue weighted by molar-refractivity contribution is 7.22. The van der Waals surface area contributed by atoms with Gasteiger partial charge in [-0.2, -0.15) is 0 Å². The summed E-state index contributed by atoms with van der Waals surface area (Å²) in [6.45, 7) is 9.83. The van der Waals surface area contributed by atoms with Crippen molar-refractivity contribution in [2.75, 3.05) is 45.3 Å². The maximum Gasteiger partial charge on any atom is 0.264 e. The summed E-state index contributed by atoms with van der Waals surface area (Å²) in [6.07, 6.45) is 0. The fraction of sp³-hybridized carbons (Fsp3) is 0.391. The Labute approximate surface area is 182 Å². The van der Waals surface area contributed by atoms with E-state index in [-0.39, 0.29) is 5.91 Å². The van der Waals surface area contributed by atoms with Crippen molar-refractivity contribution in [3.63, 3.8) is 0 Å². The molecule has 0 aliphatic carbocycles. The second kappa shape index (κ2) is 9.91. The summed E-state index contributed by atoms with van der Waals surface area (Å²) in [7, 11) is 3.23. The molecular weight excluding hydrogens is 398 g/mol. The summed E-state index contributed by atoms with van der Waals surface area (Å²) < 4.78 is 12.0. The van der Waals surface area contributed by atoms with Crippen LogP contribution in [0.1, 0.15) is 29.8 Å². The molecule has 0 atom stereocenters. The SMILES string of the molecule is CC[NH+](CC)CCN(C(=O)c1ccccc1OC)c1nc2c(OC)ccc(C)c2s1. The minimum atomic E-state index is -0.102. The van der Waals surface area contributed by atoms with Gasteiger partial charge in [-0.05, 0) is 44.5 Å². The Kier molecular flexibility index (Phi) is 7.29. The van der Waals surface area contributed by atoms with Crippen molar-refractivity contribution in [2.24, 2.45) is 0 Å². The van der Waals surface area contributed by atoms with Crippen LogP contribution in [0.25, 0.3) is 10.2 Å². The Morgan fingerprint density at radius 2 is 1.77 bits per heavy atom. The number of hydrogen-bond acceptors (Lipinski definition) is 5. The second-order valence-corrected chi connectivity index (χ2v) is 8.10. The number of thiazole rings is 1. The van der Waals surface area contributed by atoms with Crippen LogP contribution >= 0.6 is 11.3 Å². The van der Waals surface area contributed by atoms with Crippen LogP contribution in [0.3, 0.4) is 0 Å². The first-order valence-corrected chi connectivity index (χ1v) is 11.1. The fourth-order valence-electron chi connectivity index (χ4n) is 3.50. The van der Waals surface area contributed by atoms with Crippen LogP contribution in [0.15, 0.2) is 36.4 Å². The van der Waals surface area contributed by atoms with Crippen molar-refractivity contribution < 1.29 is 19.2 Å². The van der Waals surface area contributed by atoms with Crippen LogP contribution in [0, 0.1) is 6.92 Å². The van der Waals surface area contributed by atoms with Gasteiger partial charge in [0.05, 0.1) is 50.7 Å². The van der Waals surface area contributed by atoms with Gasteiger partial charge in [0.1, 0.15) is 17.0 Å². The molecule has 2 aromatic carbocycles. The number of fused-ring (bicyclic) bond motifs is 1. The molecule has 0 bridgehead atoms. The van der Waals surface area contributed by atoms with Crippen molar-refractivity contribution in [1.29, 1.82) is 0 Å². The fourth-order valence-corrected chi connectivity index (χ4v) is 4.58. The number of amides is 1. The molecule has 0 aliphatic rings. The number of rotatable bonds is 9. The van der Waals surface area contributed by atoms with Gasteiger partial charge in [-0.25, -0.2) is 4.98 Å². The van der Waals surface area contributed by atoms with E-state index >= 15 is 0 Å². The average molecular weight is 429 g/mol. The smallest absolute Gasteiger partial charge is 0.264 e. The maximum absolute atomic E-state index is 13.6. The van der Waals surface area contributed by atoms with Gasteiger partial charge in [-0.1, -0.05) is 29.5 Å². The first-order valence-electron chi connectivity index (χ1n) is 10.3. The Bertz CT molecular complexity index is 1010. The highest BCUT2D eigenvalue weighted by Crippen LogP contribution is 2.37. The van der Waals surface area contributed by atoms with E-state index in [2.05, 4.69) is 20.8 Å². The molecule has 6 nitrogen and oxygen atoms in total. The number of quaternary nitrogens is 1. The van der Waals surface area contributed by atoms with Crippen molar-refractivity contribution in [3.05, 3.63) is 47.5 Å². The minimum Gasteiger partial charge on any atom is -0.496 e. The molecule has 1 aromatic heterocycles. The Balaban J connectivity index is 2.06. The summed E-state index contributed by atoms with van der Waals surface area (Å²) >= 11 is 1.53. The number of carbonyl (C=O) groups is 1. The molecule has 7 heteroatoms. The Hall–Kier alpha value is -2.64. The predicted octanol–water partition coefficient (Wildman–Crippen LogP) is 3.19. The number of benzene rings is 2. The van der Waals surface area contributed by atoms with Crippen molar-refractivity contribution in [2.45, 2.75) is 20.8 Å². The third-order valence-electron chi connectivity index (χ3n) is 5.41. The normalized spacial score (nSPS) is 11.1. The molecule has 1 amide bonds. The molecule has 0 aliphatic heterocycles. The molecule has 0 fully saturated rings. The first kappa shape index (κ1) is 22.1. The van der Waals surface area contributed by atoms with Gasteiger partial charge in [-0.15, -0.1) is 0 Å². The molecule has 3 rings (SSSR count). The quantitative estimate of drug-likeness (QED) is 0.569. The molecular formula is C23H30N3O3S+. The predicted molar refractivity (Wildman–Crippen MR) is 122 cm³/mol. The lowest BCUT2D eigenvalue weighted by Gasteiger charge is -2.23. The number of methoxy groups -OCH3 is 2. The number of aromatic nitrogens is 1. The molecule has 160 valence electrons. The highest BCUT2D eigenvalue weighted by atomic mass is 32.1. The molecule has 0 radical (unpaired) electrons. The topological polar surface area (TPSA) is 56.1 Å². The standard InChI is InChI=1S/C23H29N3O3S/c1-6-25(7-2)14-15-26(22(27)17-10-8-9-11-18(17)28-4)23-24-20-19(29-5)13-12-16(3)21(20)30-23/h8-13H,6-7,14-15H2,1-5H3/p+1. The lowest BCUT2D eigenvalue weighted by molar-refractivity contribution is -0.894. The molecule has 0 saturated carbocycles. The lowest BCUT2D eigenvalue weighted by atomic mass is 10.1. The van der Waals surface area contributed by atoms with E-state index in [1.807, 2.05) is 30.3 Å². The molecule has 3 aromatic rings. The van der Waals surface area contributed by atoms with Crippen LogP contribution in [0.2, 0.25) is 0 Å². The number of carbonyl (C=O) groups excluding carboxylic acids is 1. The van der Waals surface area contributed by atoms with E-state index in [1.165, 1.54) is 16.2 Å². The summed E-state index contributed by atoms with van der Waals surface area (Å²) in [5, 5.41) is 0.681. The number of likely N-dealkylation sites (N-methyl/N-ethyl adjacent to an activating group) is 1. The molecule has 0 unspecified atom stereocenters. The van der Waals surface area contributed by atoms with Gasteiger partial charge in [0.25, 0.3) is 5.91 Å². The van der Waals surface area contributed by atoms with E-state index < -0.39 is 0 Å². The largest absolute Gasteiger partial charge is 0.496 e. The van der Waals surface area contributed by atoms with Crippen LogP contribution in [0.5, 0.6) is 11.5 Å². The van der Waals surface area contributed by atoms with Gasteiger partial charge in [0.2, 0.25) is 0 Å². The van der Waals surface area contributed by atoms with Gasteiger partial charge in [-0.3, -0.25) is 9.69 Å². The van der Waals surface area contributed by atoms with Gasteiger partial charge in [0.15, 0.2) is 5.13 Å². The summed E-state index contributed by atoms with van der Waals surface area (Å²) in [5.41, 5.74) is 2.46. The van der Waals surface area contributed by atoms with Gasteiger partial charge < -0.3 is 14.4 Å². The van der Waals surface area contributed by atoms with E-state index in [1.54, 1.807) is 25.2 Å². The van der Waals surface area contributed by atoms with E-state index in [4.69, 9.17) is 14.5 Å². The van der Waals surface area contributed by atoms with Crippen LogP contribution in [-0.4, -0.2) is 51.3 Å². The summed E-state index contributed by atoms with van der Waals surface area (Å²) in [4.78, 5) is 21.6. The van der Waals surface area contributed by atoms with E-state index in [0.717, 1.165) is 41.2 Å². The number of ether oxygens (including phenoxy) is 2. The zero-order valence-electron chi connectivity index (χ0n) is 18.3. The third-order valence-corrected chi connectivity index (χ3v) is 6.63. The van der Waals surface area contributed by atoms with Crippen LogP contribution < -0.4 is 19.3 Å². The van der Waals surface area contributed by atoms with E-state index in [9.17, 15) is 4.79 Å². The minimum absolute atomic E-state index is 0.102. The number of hydrogen-bond donors (Lipinski definition) is 1. The van der Waals surface area contributed by atoms with Gasteiger partial charge in [0, 0.05) is 0 Å². The Morgan fingerprint density at radius 1 is 1.07 bits per heavy atom. The zero-order chi connectivity index (χ0) is 21.7. The van der Waals surface area contributed by atoms with Crippen molar-refractivity contribution in [3.8, 4) is 11.5 Å². The number of nitrogens with zero attached hydrogens (tertiary/aromatic N) is 2. The van der Waals surface area contributed by atoms with Crippen molar-refractivity contribution >= 4 is 32.6 Å². The molecule has 0 saturated heterocycles. The maximum atomic E-state index is 13.6. The zero-order valence-corrected chi connectivity index (χ0v) is 19.1. The number of aryl methyl sites for hydroxylation is 1. The number of para-hydroxylation sites is 1. The highest BCUT2D eigenvalue weighted by Gasteiger charge is 2.26. The first-order chi connectivity index (χ1) is 14.5. The molecule has 1 N–H and O–H groups in total. The van der Waals surface area contributed by atoms with Crippen molar-refractivity contribution in [1.82, 2.24) is 4.98 Å². The number of nitrogens with one attached hydrogen (secondary N) is 1. The van der Waals surface area contributed by atoms with Gasteiger partial charge >= 0.3 is 0 Å². The number of anilines is 1. The van der Waals surface area contributed by atoms with Crippen LogP contribution in [0.4, 0.5) is 5.13 Å². The second-order valence-electron chi connectivity index (χ2n) is 7.12. The summed E-state index contributed by atoms with van der Waals surface area (Å²) in [5.74, 6) is 1.18. The Morgan fingerprint density at radius 3 is 2.43 bits per heavy atom. The monoisotopic (exact) mass is 428 g/mol. The average Bonchev–Trinajstić information content (AvgIpc) is 3.22. The summed E-state index contributed by atoms with van der Waals surface area (Å²) in [6, 6.07) is 11.3. The third kappa shape index (κ3) is 4.42. The molecule has 0 spiro atoms. The van der Waals surface area contributed by atoms with Crippen LogP contribution in [-0.2, 0) is 0 Å². The molecule has 1 heterocycles. The molecule has 30 heavy (non-hydrogen) atoms. The van der Waals surface area contributed by atoms with E-state index in [0.29, 0.717) is 23.0 Å².